The van der Waals surface area contributed by atoms with Gasteiger partial charge in [0.25, 0.3) is 0 Å². The van der Waals surface area contributed by atoms with Crippen molar-refractivity contribution in [1.82, 2.24) is 0 Å². The summed E-state index contributed by atoms with van der Waals surface area (Å²) in [4.78, 5) is 3.15. The number of rotatable bonds is 4. The zero-order valence-corrected chi connectivity index (χ0v) is 8.73. The van der Waals surface area contributed by atoms with Gasteiger partial charge in [0.2, 0.25) is 6.54 Å². The highest BCUT2D eigenvalue weighted by molar-refractivity contribution is 5.47. The molecule has 0 aromatic heterocycles. The predicted molar refractivity (Wildman–Crippen MR) is 56.0 cm³/mol. The first-order chi connectivity index (χ1) is 7.24. The quantitative estimate of drug-likeness (QED) is 0.763. The molecule has 80 valence electrons. The normalized spacial score (nSPS) is 11.6. The zero-order chi connectivity index (χ0) is 11.3. The largest absolute Gasteiger partial charge is 0.493 e. The van der Waals surface area contributed by atoms with E-state index in [1.807, 2.05) is 0 Å². The molecule has 4 nitrogen and oxygen atoms in total. The van der Waals surface area contributed by atoms with Crippen molar-refractivity contribution in [2.45, 2.75) is 6.10 Å². The highest BCUT2D eigenvalue weighted by Gasteiger charge is 2.18. The van der Waals surface area contributed by atoms with Gasteiger partial charge in [-0.2, -0.15) is 0 Å². The molecule has 1 N–H and O–H groups in total. The Balaban J connectivity index is 3.12. The van der Waals surface area contributed by atoms with Gasteiger partial charge in [0.05, 0.1) is 14.2 Å². The lowest BCUT2D eigenvalue weighted by Crippen LogP contribution is -2.04. The summed E-state index contributed by atoms with van der Waals surface area (Å²) in [5.41, 5.74) is 0.577. The van der Waals surface area contributed by atoms with Gasteiger partial charge in [0.1, 0.15) is 0 Å². The van der Waals surface area contributed by atoms with E-state index in [9.17, 15) is 5.11 Å². The van der Waals surface area contributed by atoms with Crippen LogP contribution in [-0.2, 0) is 0 Å². The average Bonchev–Trinajstić information content (AvgIpc) is 2.28. The van der Waals surface area contributed by atoms with E-state index in [4.69, 9.17) is 16.0 Å². The van der Waals surface area contributed by atoms with E-state index in [-0.39, 0.29) is 6.54 Å². The Morgan fingerprint density at radius 2 is 2.13 bits per heavy atom. The molecule has 0 heterocycles. The van der Waals surface area contributed by atoms with Gasteiger partial charge in [-0.25, -0.2) is 6.57 Å². The van der Waals surface area contributed by atoms with Crippen LogP contribution in [0.1, 0.15) is 11.7 Å². The molecule has 0 amide bonds. The van der Waals surface area contributed by atoms with Crippen LogP contribution in [-0.4, -0.2) is 25.9 Å². The number of aliphatic hydroxyl groups is 1. The van der Waals surface area contributed by atoms with Crippen molar-refractivity contribution in [3.63, 3.8) is 0 Å². The zero-order valence-electron chi connectivity index (χ0n) is 8.73. The lowest BCUT2D eigenvalue weighted by Gasteiger charge is -2.13. The first-order valence-corrected chi connectivity index (χ1v) is 4.46. The molecule has 0 bridgehead atoms. The fourth-order valence-electron chi connectivity index (χ4n) is 1.36. The highest BCUT2D eigenvalue weighted by Crippen LogP contribution is 2.34. The number of hydrogen-bond acceptors (Lipinski definition) is 3. The molecule has 0 aliphatic heterocycles. The summed E-state index contributed by atoms with van der Waals surface area (Å²) in [6.45, 7) is 6.72. The molecule has 0 fully saturated rings. The Hall–Kier alpha value is -1.73. The predicted octanol–water partition coefficient (Wildman–Crippen LogP) is 1.66. The summed E-state index contributed by atoms with van der Waals surface area (Å²) in [5.74, 6) is 1.04. The Bertz CT molecular complexity index is 371. The maximum Gasteiger partial charge on any atom is 0.244 e. The molecule has 0 saturated heterocycles. The fourth-order valence-corrected chi connectivity index (χ4v) is 1.36. The van der Waals surface area contributed by atoms with Gasteiger partial charge in [0, 0.05) is 5.56 Å². The van der Waals surface area contributed by atoms with Crippen molar-refractivity contribution in [2.75, 3.05) is 20.8 Å². The van der Waals surface area contributed by atoms with E-state index in [0.717, 1.165) is 0 Å². The van der Waals surface area contributed by atoms with E-state index in [2.05, 4.69) is 4.85 Å². The molecular formula is C11H13NO3. The number of nitrogens with zero attached hydrogens (tertiary/aromatic N) is 1. The Morgan fingerprint density at radius 3 is 2.67 bits per heavy atom. The summed E-state index contributed by atoms with van der Waals surface area (Å²) >= 11 is 0. The molecule has 15 heavy (non-hydrogen) atoms. The Labute approximate surface area is 88.9 Å². The van der Waals surface area contributed by atoms with Crippen LogP contribution in [0.3, 0.4) is 0 Å². The van der Waals surface area contributed by atoms with Crippen molar-refractivity contribution in [3.05, 3.63) is 35.2 Å². The first-order valence-electron chi connectivity index (χ1n) is 4.46. The third-order valence-corrected chi connectivity index (χ3v) is 2.06. The van der Waals surface area contributed by atoms with Crippen molar-refractivity contribution in [2.24, 2.45) is 0 Å². The minimum absolute atomic E-state index is 0.0174. The van der Waals surface area contributed by atoms with E-state index in [0.29, 0.717) is 17.1 Å². The fraction of sp³-hybridized carbons (Fsp3) is 0.364. The minimum atomic E-state index is -0.840. The average molecular weight is 207 g/mol. The second-order valence-electron chi connectivity index (χ2n) is 2.94. The molecule has 1 aromatic carbocycles. The Morgan fingerprint density at radius 1 is 1.40 bits per heavy atom. The molecule has 1 atom stereocenters. The molecule has 1 rings (SSSR count). The van der Waals surface area contributed by atoms with Crippen molar-refractivity contribution in [1.29, 1.82) is 0 Å². The molecule has 0 spiro atoms. The third kappa shape index (κ3) is 2.39. The SMILES string of the molecule is [C-]#[N+]CC(O)c1cccc(OC)c1OC. The standard InChI is InChI=1S/C11H13NO3/c1-12-7-9(13)8-5-4-6-10(14-2)11(8)15-3/h4-6,9,13H,7H2,2-3H3. The van der Waals surface area contributed by atoms with Crippen LogP contribution in [0.2, 0.25) is 0 Å². The summed E-state index contributed by atoms with van der Waals surface area (Å²) < 4.78 is 10.2. The highest BCUT2D eigenvalue weighted by atomic mass is 16.5. The molecular weight excluding hydrogens is 194 g/mol. The second-order valence-corrected chi connectivity index (χ2v) is 2.94. The van der Waals surface area contributed by atoms with Crippen LogP contribution in [0, 0.1) is 6.57 Å². The smallest absolute Gasteiger partial charge is 0.244 e. The van der Waals surface area contributed by atoms with Crippen molar-refractivity contribution < 1.29 is 14.6 Å². The van der Waals surface area contributed by atoms with E-state index in [1.165, 1.54) is 14.2 Å². The van der Waals surface area contributed by atoms with Crippen LogP contribution in [0.4, 0.5) is 0 Å². The molecule has 0 aliphatic carbocycles. The maximum absolute atomic E-state index is 9.70. The minimum Gasteiger partial charge on any atom is -0.493 e. The molecule has 0 radical (unpaired) electrons. The van der Waals surface area contributed by atoms with Crippen molar-refractivity contribution >= 4 is 0 Å². The van der Waals surface area contributed by atoms with Gasteiger partial charge < -0.3 is 19.4 Å². The van der Waals surface area contributed by atoms with Gasteiger partial charge in [0.15, 0.2) is 17.6 Å². The topological polar surface area (TPSA) is 43.0 Å². The van der Waals surface area contributed by atoms with Crippen molar-refractivity contribution in [3.8, 4) is 11.5 Å². The first kappa shape index (κ1) is 11.3. The summed E-state index contributed by atoms with van der Waals surface area (Å²) in [5, 5.41) is 9.70. The summed E-state index contributed by atoms with van der Waals surface area (Å²) in [7, 11) is 3.04. The lowest BCUT2D eigenvalue weighted by atomic mass is 10.1. The van der Waals surface area contributed by atoms with Gasteiger partial charge in [-0.1, -0.05) is 12.1 Å². The monoisotopic (exact) mass is 207 g/mol. The molecule has 1 aromatic rings. The van der Waals surface area contributed by atoms with Crippen LogP contribution < -0.4 is 9.47 Å². The van der Waals surface area contributed by atoms with Crippen LogP contribution in [0.15, 0.2) is 18.2 Å². The van der Waals surface area contributed by atoms with Gasteiger partial charge >= 0.3 is 0 Å². The van der Waals surface area contributed by atoms with Crippen LogP contribution in [0.25, 0.3) is 4.85 Å². The number of para-hydroxylation sites is 1. The molecule has 1 unspecified atom stereocenters. The summed E-state index contributed by atoms with van der Waals surface area (Å²) in [6.07, 6.45) is -0.840. The van der Waals surface area contributed by atoms with E-state index in [1.54, 1.807) is 18.2 Å². The van der Waals surface area contributed by atoms with Crippen LogP contribution in [0.5, 0.6) is 11.5 Å². The third-order valence-electron chi connectivity index (χ3n) is 2.06. The van der Waals surface area contributed by atoms with Gasteiger partial charge in [-0.05, 0) is 6.07 Å². The number of hydrogen-bond donors (Lipinski definition) is 1. The second kappa shape index (κ2) is 5.23. The molecule has 0 aliphatic rings. The van der Waals surface area contributed by atoms with E-state index < -0.39 is 6.10 Å². The van der Waals surface area contributed by atoms with Gasteiger partial charge in [-0.15, -0.1) is 0 Å². The maximum atomic E-state index is 9.70. The number of aliphatic hydroxyl groups excluding tert-OH is 1. The molecule has 0 saturated carbocycles. The Kier molecular flexibility index (Phi) is 3.95. The number of benzene rings is 1. The number of ether oxygens (including phenoxy) is 2. The lowest BCUT2D eigenvalue weighted by molar-refractivity contribution is 0.189. The van der Waals surface area contributed by atoms with Crippen LogP contribution >= 0.6 is 0 Å². The van der Waals surface area contributed by atoms with E-state index >= 15 is 0 Å². The number of methoxy groups -OCH3 is 2. The van der Waals surface area contributed by atoms with Gasteiger partial charge in [-0.3, -0.25) is 0 Å². The molecule has 4 heteroatoms. The summed E-state index contributed by atoms with van der Waals surface area (Å²) in [6, 6.07) is 5.22.